The van der Waals surface area contributed by atoms with Crippen LogP contribution in [0.2, 0.25) is 0 Å². The smallest absolute Gasteiger partial charge is 0.253 e. The number of hydrogen-bond acceptors (Lipinski definition) is 4. The van der Waals surface area contributed by atoms with Crippen molar-refractivity contribution in [3.63, 3.8) is 0 Å². The van der Waals surface area contributed by atoms with E-state index in [1.165, 1.54) is 22.7 Å². The van der Waals surface area contributed by atoms with Crippen molar-refractivity contribution in [3.8, 4) is 5.75 Å². The summed E-state index contributed by atoms with van der Waals surface area (Å²) in [6, 6.07) is 8.27. The summed E-state index contributed by atoms with van der Waals surface area (Å²) in [5.41, 5.74) is 0.735. The first-order chi connectivity index (χ1) is 8.91. The molecule has 0 aliphatic heterocycles. The van der Waals surface area contributed by atoms with Crippen molar-refractivity contribution in [3.05, 3.63) is 45.7 Å². The van der Waals surface area contributed by atoms with Crippen LogP contribution in [0.1, 0.15) is 5.56 Å². The summed E-state index contributed by atoms with van der Waals surface area (Å²) in [5.74, 6) is 0.126. The number of aromatic hydroxyl groups is 1. The summed E-state index contributed by atoms with van der Waals surface area (Å²) in [6.07, 6.45) is 0. The highest BCUT2D eigenvalue weighted by molar-refractivity contribution is 9.10. The van der Waals surface area contributed by atoms with Crippen LogP contribution in [0.5, 0.6) is 5.75 Å². The molecule has 2 aromatic rings. The lowest BCUT2D eigenvalue weighted by Gasteiger charge is -2.16. The van der Waals surface area contributed by atoms with E-state index in [0.29, 0.717) is 4.47 Å². The monoisotopic (exact) mass is 361 g/mol. The summed E-state index contributed by atoms with van der Waals surface area (Å²) in [6.45, 7) is 0.209. The van der Waals surface area contributed by atoms with Crippen molar-refractivity contribution in [2.75, 3.05) is 7.05 Å². The molecule has 2 rings (SSSR count). The van der Waals surface area contributed by atoms with Gasteiger partial charge in [-0.3, -0.25) is 0 Å². The molecular weight excluding hydrogens is 350 g/mol. The summed E-state index contributed by atoms with van der Waals surface area (Å²) >= 11 is 4.40. The van der Waals surface area contributed by atoms with E-state index >= 15 is 0 Å². The highest BCUT2D eigenvalue weighted by Crippen LogP contribution is 2.30. The van der Waals surface area contributed by atoms with E-state index in [4.69, 9.17) is 0 Å². The van der Waals surface area contributed by atoms with Gasteiger partial charge in [-0.2, -0.15) is 4.31 Å². The summed E-state index contributed by atoms with van der Waals surface area (Å²) in [7, 11) is -1.99. The first kappa shape index (κ1) is 14.5. The molecular formula is C12H12BrNO3S2. The van der Waals surface area contributed by atoms with E-state index in [1.807, 2.05) is 0 Å². The Hall–Kier alpha value is -0.890. The maximum absolute atomic E-state index is 12.3. The lowest BCUT2D eigenvalue weighted by molar-refractivity contribution is 0.459. The number of thiophene rings is 1. The van der Waals surface area contributed by atoms with Crippen LogP contribution in [0, 0.1) is 0 Å². The highest BCUT2D eigenvalue weighted by Gasteiger charge is 2.24. The molecule has 0 spiro atoms. The fourth-order valence-electron chi connectivity index (χ4n) is 1.60. The van der Waals surface area contributed by atoms with Gasteiger partial charge < -0.3 is 5.11 Å². The Morgan fingerprint density at radius 2 is 2.11 bits per heavy atom. The molecule has 4 nitrogen and oxygen atoms in total. The maximum atomic E-state index is 12.3. The molecule has 0 saturated carbocycles. The third-order valence-electron chi connectivity index (χ3n) is 2.54. The van der Waals surface area contributed by atoms with E-state index in [-0.39, 0.29) is 16.5 Å². The molecule has 0 aliphatic rings. The zero-order valence-corrected chi connectivity index (χ0v) is 13.3. The quantitative estimate of drug-likeness (QED) is 0.910. The lowest BCUT2D eigenvalue weighted by atomic mass is 10.2. The van der Waals surface area contributed by atoms with Crippen molar-refractivity contribution in [2.45, 2.75) is 10.8 Å². The van der Waals surface area contributed by atoms with Crippen molar-refractivity contribution in [2.24, 2.45) is 0 Å². The molecule has 102 valence electrons. The molecule has 0 atom stereocenters. The molecule has 0 fully saturated rings. The molecule has 1 heterocycles. The van der Waals surface area contributed by atoms with Crippen molar-refractivity contribution < 1.29 is 13.5 Å². The number of benzene rings is 1. The van der Waals surface area contributed by atoms with Gasteiger partial charge in [-0.15, -0.1) is 11.3 Å². The Kier molecular flexibility index (Phi) is 4.29. The Morgan fingerprint density at radius 3 is 2.68 bits per heavy atom. The molecule has 19 heavy (non-hydrogen) atoms. The third-order valence-corrected chi connectivity index (χ3v) is 7.00. The zero-order valence-electron chi connectivity index (χ0n) is 10.1. The van der Waals surface area contributed by atoms with Crippen molar-refractivity contribution >= 4 is 37.3 Å². The predicted molar refractivity (Wildman–Crippen MR) is 78.8 cm³/mol. The largest absolute Gasteiger partial charge is 0.508 e. The molecule has 0 unspecified atom stereocenters. The van der Waals surface area contributed by atoms with Gasteiger partial charge in [0.2, 0.25) is 0 Å². The Bertz CT molecular complexity index is 682. The van der Waals surface area contributed by atoms with Crippen LogP contribution in [0.25, 0.3) is 0 Å². The average molecular weight is 362 g/mol. The van der Waals surface area contributed by atoms with Crippen LogP contribution >= 0.6 is 27.3 Å². The molecule has 0 radical (unpaired) electrons. The van der Waals surface area contributed by atoms with Crippen molar-refractivity contribution in [1.29, 1.82) is 0 Å². The van der Waals surface area contributed by atoms with Gasteiger partial charge >= 0.3 is 0 Å². The second kappa shape index (κ2) is 5.62. The number of rotatable bonds is 4. The Morgan fingerprint density at radius 1 is 1.37 bits per heavy atom. The molecule has 1 aromatic carbocycles. The Labute approximate surface area is 124 Å². The Balaban J connectivity index is 2.25. The number of phenols is 1. The molecule has 0 amide bonds. The van der Waals surface area contributed by atoms with Gasteiger partial charge in [0.15, 0.2) is 0 Å². The minimum atomic E-state index is -3.51. The third kappa shape index (κ3) is 3.17. The summed E-state index contributed by atoms with van der Waals surface area (Å²) in [4.78, 5) is 0. The number of sulfonamides is 1. The van der Waals surface area contributed by atoms with E-state index in [2.05, 4.69) is 15.9 Å². The fraction of sp³-hybridized carbons (Fsp3) is 0.167. The van der Waals surface area contributed by atoms with Gasteiger partial charge in [-0.25, -0.2) is 8.42 Å². The maximum Gasteiger partial charge on any atom is 0.253 e. The van der Waals surface area contributed by atoms with Crippen molar-refractivity contribution in [1.82, 2.24) is 4.31 Å². The summed E-state index contributed by atoms with van der Waals surface area (Å²) in [5, 5.41) is 11.1. The predicted octanol–water partition coefficient (Wildman–Crippen LogP) is 3.04. The number of hydrogen-bond donors (Lipinski definition) is 1. The van der Waals surface area contributed by atoms with Crippen LogP contribution in [-0.2, 0) is 16.6 Å². The molecule has 0 saturated heterocycles. The van der Waals surface area contributed by atoms with Gasteiger partial charge in [-0.1, -0.05) is 12.1 Å². The second-order valence-electron chi connectivity index (χ2n) is 3.99. The number of nitrogens with zero attached hydrogens (tertiary/aromatic N) is 1. The zero-order chi connectivity index (χ0) is 14.0. The van der Waals surface area contributed by atoms with Gasteiger partial charge in [-0.05, 0) is 45.1 Å². The second-order valence-corrected chi connectivity index (χ2v) is 8.00. The lowest BCUT2D eigenvalue weighted by Crippen LogP contribution is -2.26. The van der Waals surface area contributed by atoms with Crippen LogP contribution < -0.4 is 0 Å². The van der Waals surface area contributed by atoms with Gasteiger partial charge in [0.1, 0.15) is 9.96 Å². The summed E-state index contributed by atoms with van der Waals surface area (Å²) < 4.78 is 26.8. The van der Waals surface area contributed by atoms with E-state index in [0.717, 1.165) is 5.56 Å². The first-order valence-electron chi connectivity index (χ1n) is 5.38. The normalized spacial score (nSPS) is 11.9. The van der Waals surface area contributed by atoms with Gasteiger partial charge in [0, 0.05) is 18.1 Å². The minimum Gasteiger partial charge on any atom is -0.508 e. The van der Waals surface area contributed by atoms with Crippen LogP contribution in [0.3, 0.4) is 0 Å². The van der Waals surface area contributed by atoms with E-state index in [1.54, 1.807) is 35.7 Å². The number of halogens is 1. The molecule has 0 bridgehead atoms. The standard InChI is InChI=1S/C12H12BrNO3S2/c1-14(8-9-3-2-4-10(15)7-9)19(16,17)12-11(13)5-6-18-12/h2-7,15H,8H2,1H3. The number of phenolic OH excluding ortho intramolecular Hbond substituents is 1. The van der Waals surface area contributed by atoms with Gasteiger partial charge in [0.05, 0.1) is 0 Å². The molecule has 1 N–H and O–H groups in total. The first-order valence-corrected chi connectivity index (χ1v) is 8.50. The molecule has 7 heteroatoms. The SMILES string of the molecule is CN(Cc1cccc(O)c1)S(=O)(=O)c1sccc1Br. The highest BCUT2D eigenvalue weighted by atomic mass is 79.9. The molecule has 1 aromatic heterocycles. The average Bonchev–Trinajstić information content (AvgIpc) is 2.76. The molecule has 0 aliphatic carbocycles. The fourth-order valence-corrected chi connectivity index (χ4v) is 5.26. The van der Waals surface area contributed by atoms with E-state index in [9.17, 15) is 13.5 Å². The van der Waals surface area contributed by atoms with Gasteiger partial charge in [0.25, 0.3) is 10.0 Å². The van der Waals surface area contributed by atoms with Crippen LogP contribution in [-0.4, -0.2) is 24.9 Å². The minimum absolute atomic E-state index is 0.126. The van der Waals surface area contributed by atoms with Crippen LogP contribution in [0.4, 0.5) is 0 Å². The van der Waals surface area contributed by atoms with E-state index < -0.39 is 10.0 Å². The van der Waals surface area contributed by atoms with Crippen LogP contribution in [0.15, 0.2) is 44.4 Å². The topological polar surface area (TPSA) is 57.6 Å².